The third kappa shape index (κ3) is 3.54. The van der Waals surface area contributed by atoms with Gasteiger partial charge in [-0.3, -0.25) is 4.79 Å². The Bertz CT molecular complexity index is 948. The summed E-state index contributed by atoms with van der Waals surface area (Å²) in [4.78, 5) is 29.8. The maximum Gasteiger partial charge on any atom is 0.225 e. The minimum Gasteiger partial charge on any atom is -0.352 e. The van der Waals surface area contributed by atoms with Crippen LogP contribution in [0.25, 0.3) is 10.2 Å². The van der Waals surface area contributed by atoms with Crippen molar-refractivity contribution in [2.45, 2.75) is 65.2 Å². The highest BCUT2D eigenvalue weighted by atomic mass is 32.1. The number of fused-ring (bicyclic) bond motifs is 3. The molecule has 1 saturated carbocycles. The van der Waals surface area contributed by atoms with Gasteiger partial charge >= 0.3 is 0 Å². The van der Waals surface area contributed by atoms with Crippen LogP contribution < -0.4 is 4.90 Å². The first-order chi connectivity index (χ1) is 13.8. The number of piperazine rings is 1. The van der Waals surface area contributed by atoms with Crippen LogP contribution in [0.15, 0.2) is 0 Å². The van der Waals surface area contributed by atoms with Crippen LogP contribution in [0.2, 0.25) is 0 Å². The summed E-state index contributed by atoms with van der Waals surface area (Å²) < 4.78 is 0. The van der Waals surface area contributed by atoms with Gasteiger partial charge in [0, 0.05) is 42.4 Å². The van der Waals surface area contributed by atoms with Gasteiger partial charge in [0.15, 0.2) is 0 Å². The van der Waals surface area contributed by atoms with Crippen LogP contribution in [0.3, 0.4) is 0 Å². The fourth-order valence-corrected chi connectivity index (χ4v) is 5.99. The Labute approximate surface area is 177 Å². The van der Waals surface area contributed by atoms with E-state index >= 15 is 0 Å². The van der Waals surface area contributed by atoms with E-state index in [-0.39, 0.29) is 5.41 Å². The number of rotatable bonds is 2. The van der Waals surface area contributed by atoms with E-state index in [4.69, 9.17) is 9.97 Å². The minimum absolute atomic E-state index is 0.0789. The normalized spacial score (nSPS) is 22.8. The fraction of sp³-hybridized carbons (Fsp3) is 0.696. The Balaban J connectivity index is 1.52. The van der Waals surface area contributed by atoms with E-state index in [1.807, 2.05) is 11.3 Å². The van der Waals surface area contributed by atoms with Crippen LogP contribution in [0.5, 0.6) is 0 Å². The van der Waals surface area contributed by atoms with E-state index in [9.17, 15) is 4.79 Å². The SMILES string of the molecule is CC1CCc2c(sc3nc(C(C)(C)C)nc(N4CCN(C(=O)C5CC5)CC4)c23)C1. The molecule has 0 radical (unpaired) electrons. The van der Waals surface area contributed by atoms with Crippen molar-refractivity contribution >= 4 is 33.3 Å². The van der Waals surface area contributed by atoms with E-state index < -0.39 is 0 Å². The van der Waals surface area contributed by atoms with Crippen molar-refractivity contribution in [1.29, 1.82) is 0 Å². The van der Waals surface area contributed by atoms with E-state index in [1.54, 1.807) is 0 Å². The lowest BCUT2D eigenvalue weighted by molar-refractivity contribution is -0.132. The fourth-order valence-electron chi connectivity index (χ4n) is 4.61. The molecule has 5 nitrogen and oxygen atoms in total. The molecule has 2 aromatic heterocycles. The third-order valence-corrected chi connectivity index (χ3v) is 7.77. The molecule has 0 N–H and O–H groups in total. The van der Waals surface area contributed by atoms with Gasteiger partial charge in [-0.15, -0.1) is 11.3 Å². The summed E-state index contributed by atoms with van der Waals surface area (Å²) in [5, 5.41) is 1.30. The van der Waals surface area contributed by atoms with Gasteiger partial charge < -0.3 is 9.80 Å². The molecular formula is C23H32N4OS. The molecule has 0 aromatic carbocycles. The zero-order valence-electron chi connectivity index (χ0n) is 18.1. The minimum atomic E-state index is -0.0789. The van der Waals surface area contributed by atoms with Crippen LogP contribution in [-0.2, 0) is 23.1 Å². The van der Waals surface area contributed by atoms with E-state index in [0.717, 1.165) is 67.8 Å². The van der Waals surface area contributed by atoms with Gasteiger partial charge in [0.05, 0.1) is 5.39 Å². The van der Waals surface area contributed by atoms with Crippen molar-refractivity contribution in [3.05, 3.63) is 16.3 Å². The molecular weight excluding hydrogens is 380 g/mol. The average Bonchev–Trinajstić information content (AvgIpc) is 3.47. The summed E-state index contributed by atoms with van der Waals surface area (Å²) in [5.74, 6) is 3.49. The largest absolute Gasteiger partial charge is 0.352 e. The van der Waals surface area contributed by atoms with Crippen molar-refractivity contribution < 1.29 is 4.79 Å². The molecule has 1 saturated heterocycles. The predicted molar refractivity (Wildman–Crippen MR) is 119 cm³/mol. The monoisotopic (exact) mass is 412 g/mol. The smallest absolute Gasteiger partial charge is 0.225 e. The van der Waals surface area contributed by atoms with Gasteiger partial charge in [-0.1, -0.05) is 27.7 Å². The number of amides is 1. The second-order valence-electron chi connectivity index (χ2n) is 10.2. The van der Waals surface area contributed by atoms with Crippen LogP contribution in [0.1, 0.15) is 63.2 Å². The molecule has 3 aliphatic rings. The van der Waals surface area contributed by atoms with Gasteiger partial charge in [-0.05, 0) is 43.6 Å². The van der Waals surface area contributed by atoms with Crippen LogP contribution in [0, 0.1) is 11.8 Å². The first kappa shape index (κ1) is 19.3. The van der Waals surface area contributed by atoms with E-state index in [1.165, 1.54) is 28.7 Å². The van der Waals surface area contributed by atoms with Gasteiger partial charge in [0.2, 0.25) is 5.91 Å². The van der Waals surface area contributed by atoms with Crippen LogP contribution in [-0.4, -0.2) is 47.0 Å². The molecule has 1 atom stereocenters. The quantitative estimate of drug-likeness (QED) is 0.743. The maximum absolute atomic E-state index is 12.5. The number of carbonyl (C=O) groups is 1. The molecule has 1 amide bonds. The highest BCUT2D eigenvalue weighted by Crippen LogP contribution is 2.42. The Morgan fingerprint density at radius 2 is 1.79 bits per heavy atom. The summed E-state index contributed by atoms with van der Waals surface area (Å²) in [6.45, 7) is 12.3. The topological polar surface area (TPSA) is 49.3 Å². The highest BCUT2D eigenvalue weighted by molar-refractivity contribution is 7.19. The van der Waals surface area contributed by atoms with Gasteiger partial charge in [0.25, 0.3) is 0 Å². The zero-order valence-corrected chi connectivity index (χ0v) is 18.9. The highest BCUT2D eigenvalue weighted by Gasteiger charge is 2.35. The number of anilines is 1. The van der Waals surface area contributed by atoms with Crippen molar-refractivity contribution in [3.63, 3.8) is 0 Å². The first-order valence-electron chi connectivity index (χ1n) is 11.2. The lowest BCUT2D eigenvalue weighted by Crippen LogP contribution is -2.49. The second kappa shape index (κ2) is 6.93. The standard InChI is InChI=1S/C23H32N4OS/c1-14-5-8-16-17(13-14)29-20-18(16)19(24-22(25-20)23(2,3)4)26-9-11-27(12-10-26)21(28)15-6-7-15/h14-15H,5-13H2,1-4H3. The van der Waals surface area contributed by atoms with E-state index in [2.05, 4.69) is 37.5 Å². The van der Waals surface area contributed by atoms with E-state index in [0.29, 0.717) is 11.8 Å². The lowest BCUT2D eigenvalue weighted by Gasteiger charge is -2.36. The molecule has 5 rings (SSSR count). The second-order valence-corrected chi connectivity index (χ2v) is 11.3. The van der Waals surface area contributed by atoms with Crippen molar-refractivity contribution in [1.82, 2.24) is 14.9 Å². The number of aryl methyl sites for hydroxylation is 1. The Hall–Kier alpha value is -1.69. The lowest BCUT2D eigenvalue weighted by atomic mass is 9.89. The molecule has 29 heavy (non-hydrogen) atoms. The number of carbonyl (C=O) groups excluding carboxylic acids is 1. The molecule has 3 heterocycles. The Kier molecular flexibility index (Phi) is 4.61. The molecule has 2 aliphatic carbocycles. The Morgan fingerprint density at radius 3 is 2.45 bits per heavy atom. The maximum atomic E-state index is 12.5. The Morgan fingerprint density at radius 1 is 1.07 bits per heavy atom. The number of hydrogen-bond donors (Lipinski definition) is 0. The summed E-state index contributed by atoms with van der Waals surface area (Å²) >= 11 is 1.89. The molecule has 2 fully saturated rings. The molecule has 1 unspecified atom stereocenters. The predicted octanol–water partition coefficient (Wildman–Crippen LogP) is 4.17. The van der Waals surface area contributed by atoms with Crippen molar-refractivity contribution in [2.75, 3.05) is 31.1 Å². The number of nitrogens with zero attached hydrogens (tertiary/aromatic N) is 4. The summed E-state index contributed by atoms with van der Waals surface area (Å²) in [7, 11) is 0. The van der Waals surface area contributed by atoms with Crippen molar-refractivity contribution in [3.8, 4) is 0 Å². The first-order valence-corrected chi connectivity index (χ1v) is 12.0. The average molecular weight is 413 g/mol. The molecule has 0 bridgehead atoms. The number of hydrogen-bond acceptors (Lipinski definition) is 5. The molecule has 1 aliphatic heterocycles. The summed E-state index contributed by atoms with van der Waals surface area (Å²) in [6, 6.07) is 0. The third-order valence-electron chi connectivity index (χ3n) is 6.62. The number of aromatic nitrogens is 2. The molecule has 0 spiro atoms. The van der Waals surface area contributed by atoms with Gasteiger partial charge in [-0.2, -0.15) is 0 Å². The molecule has 6 heteroatoms. The molecule has 2 aromatic rings. The van der Waals surface area contributed by atoms with Crippen LogP contribution in [0.4, 0.5) is 5.82 Å². The summed E-state index contributed by atoms with van der Waals surface area (Å²) in [5.41, 5.74) is 1.42. The van der Waals surface area contributed by atoms with Crippen molar-refractivity contribution in [2.24, 2.45) is 11.8 Å². The van der Waals surface area contributed by atoms with Crippen LogP contribution >= 0.6 is 11.3 Å². The van der Waals surface area contributed by atoms with Gasteiger partial charge in [-0.25, -0.2) is 9.97 Å². The summed E-state index contributed by atoms with van der Waals surface area (Å²) in [6.07, 6.45) is 5.73. The number of thiophene rings is 1. The zero-order chi connectivity index (χ0) is 20.3. The molecule has 156 valence electrons. The van der Waals surface area contributed by atoms with Gasteiger partial charge in [0.1, 0.15) is 16.5 Å².